The van der Waals surface area contributed by atoms with Crippen molar-refractivity contribution in [2.75, 3.05) is 0 Å². The molecule has 3 aromatic rings. The zero-order valence-electron chi connectivity index (χ0n) is 13.9. The molecule has 0 atom stereocenters. The molecule has 142 valence electrons. The fourth-order valence-electron chi connectivity index (χ4n) is 2.50. The van der Waals surface area contributed by atoms with Crippen LogP contribution in [-0.2, 0) is 6.18 Å². The highest BCUT2D eigenvalue weighted by atomic mass is 19.4. The molecular formula is C19H10F4N2O3. The Hall–Kier alpha value is -3.62. The minimum Gasteiger partial charge on any atom is -0.476 e. The molecular weight excluding hydrogens is 380 g/mol. The van der Waals surface area contributed by atoms with E-state index in [0.717, 1.165) is 0 Å². The van der Waals surface area contributed by atoms with Crippen molar-refractivity contribution in [2.45, 2.75) is 6.18 Å². The average molecular weight is 390 g/mol. The first-order chi connectivity index (χ1) is 13.2. The minimum absolute atomic E-state index is 0.0741. The molecule has 0 saturated heterocycles. The summed E-state index contributed by atoms with van der Waals surface area (Å²) < 4.78 is 52.7. The maximum atomic E-state index is 13.4. The number of nitrogens with zero attached hydrogens (tertiary/aromatic N) is 2. The fraction of sp³-hybridized carbons (Fsp3) is 0.0526. The van der Waals surface area contributed by atoms with Crippen molar-refractivity contribution in [1.29, 1.82) is 0 Å². The van der Waals surface area contributed by atoms with E-state index in [1.54, 1.807) is 0 Å². The first kappa shape index (κ1) is 19.2. The second kappa shape index (κ2) is 7.18. The molecule has 0 aliphatic rings. The monoisotopic (exact) mass is 390 g/mol. The largest absolute Gasteiger partial charge is 0.476 e. The third-order valence-electron chi connectivity index (χ3n) is 3.86. The van der Waals surface area contributed by atoms with Crippen LogP contribution in [0.3, 0.4) is 0 Å². The van der Waals surface area contributed by atoms with Crippen LogP contribution < -0.4 is 0 Å². The molecule has 0 unspecified atom stereocenters. The Balaban J connectivity index is 1.93. The lowest BCUT2D eigenvalue weighted by atomic mass is 9.96. The predicted molar refractivity (Wildman–Crippen MR) is 89.3 cm³/mol. The number of carbonyl (C=O) groups excluding carboxylic acids is 1. The summed E-state index contributed by atoms with van der Waals surface area (Å²) in [6.45, 7) is 0. The molecule has 9 heteroatoms. The number of ketones is 1. The summed E-state index contributed by atoms with van der Waals surface area (Å²) >= 11 is 0. The Bertz CT molecular complexity index is 1050. The summed E-state index contributed by atoms with van der Waals surface area (Å²) in [6, 6.07) is 9.75. The Morgan fingerprint density at radius 2 is 1.57 bits per heavy atom. The SMILES string of the molecule is O=C(O)c1ccc(-c2ccc(C(=O)c3cc(F)ccc3C(F)(F)F)cc2)nn1. The topological polar surface area (TPSA) is 80.1 Å². The maximum Gasteiger partial charge on any atom is 0.417 e. The standard InChI is InChI=1S/C19H10F4N2O3/c20-12-5-6-14(19(21,22)23)13(9-12)17(26)11-3-1-10(2-4-11)15-7-8-16(18(27)28)25-24-15/h1-9H,(H,27,28). The fourth-order valence-corrected chi connectivity index (χ4v) is 2.50. The number of aromatic nitrogens is 2. The number of hydrogen-bond acceptors (Lipinski definition) is 4. The zero-order valence-corrected chi connectivity index (χ0v) is 13.9. The molecule has 1 heterocycles. The van der Waals surface area contributed by atoms with Crippen LogP contribution >= 0.6 is 0 Å². The normalized spacial score (nSPS) is 11.3. The number of rotatable bonds is 4. The number of hydrogen-bond donors (Lipinski definition) is 1. The van der Waals surface area contributed by atoms with Gasteiger partial charge in [-0.25, -0.2) is 9.18 Å². The van der Waals surface area contributed by atoms with Crippen molar-refractivity contribution in [3.05, 3.63) is 82.8 Å². The van der Waals surface area contributed by atoms with Crippen molar-refractivity contribution in [1.82, 2.24) is 10.2 Å². The van der Waals surface area contributed by atoms with Crippen LogP contribution in [0.25, 0.3) is 11.3 Å². The zero-order chi connectivity index (χ0) is 20.5. The smallest absolute Gasteiger partial charge is 0.417 e. The number of alkyl halides is 3. The molecule has 2 aromatic carbocycles. The van der Waals surface area contributed by atoms with E-state index < -0.39 is 34.9 Å². The van der Waals surface area contributed by atoms with Gasteiger partial charge in [-0.05, 0) is 30.3 Å². The highest BCUT2D eigenvalue weighted by Crippen LogP contribution is 2.33. The average Bonchev–Trinajstić information content (AvgIpc) is 2.66. The van der Waals surface area contributed by atoms with Crippen LogP contribution in [0.1, 0.15) is 32.0 Å². The number of carboxylic acids is 1. The number of carbonyl (C=O) groups is 2. The molecule has 0 radical (unpaired) electrons. The van der Waals surface area contributed by atoms with E-state index in [2.05, 4.69) is 10.2 Å². The summed E-state index contributed by atoms with van der Waals surface area (Å²) in [7, 11) is 0. The first-order valence-corrected chi connectivity index (χ1v) is 7.76. The van der Waals surface area contributed by atoms with Crippen LogP contribution in [0.15, 0.2) is 54.6 Å². The van der Waals surface area contributed by atoms with Gasteiger partial charge in [0, 0.05) is 16.7 Å². The lowest BCUT2D eigenvalue weighted by molar-refractivity contribution is -0.137. The molecule has 3 rings (SSSR count). The molecule has 0 bridgehead atoms. The van der Waals surface area contributed by atoms with Gasteiger partial charge in [0.1, 0.15) is 5.82 Å². The second-order valence-electron chi connectivity index (χ2n) is 5.70. The molecule has 0 saturated carbocycles. The number of benzene rings is 2. The minimum atomic E-state index is -4.81. The lowest BCUT2D eigenvalue weighted by Gasteiger charge is -2.12. The molecule has 0 aliphatic heterocycles. The number of aromatic carboxylic acids is 1. The molecule has 1 N–H and O–H groups in total. The van der Waals surface area contributed by atoms with Gasteiger partial charge in [-0.1, -0.05) is 24.3 Å². The molecule has 0 fully saturated rings. The van der Waals surface area contributed by atoms with E-state index in [-0.39, 0.29) is 11.3 Å². The van der Waals surface area contributed by atoms with E-state index >= 15 is 0 Å². The van der Waals surface area contributed by atoms with Gasteiger partial charge in [-0.2, -0.15) is 13.2 Å². The summed E-state index contributed by atoms with van der Waals surface area (Å²) in [4.78, 5) is 23.3. The predicted octanol–water partition coefficient (Wildman–Crippen LogP) is 4.23. The van der Waals surface area contributed by atoms with E-state index in [0.29, 0.717) is 29.5 Å². The van der Waals surface area contributed by atoms with Gasteiger partial charge in [0.25, 0.3) is 0 Å². The Labute approximate surface area is 155 Å². The maximum absolute atomic E-state index is 13.4. The summed E-state index contributed by atoms with van der Waals surface area (Å²) in [5, 5.41) is 16.1. The third kappa shape index (κ3) is 3.88. The van der Waals surface area contributed by atoms with Gasteiger partial charge in [-0.15, -0.1) is 10.2 Å². The van der Waals surface area contributed by atoms with Crippen LogP contribution in [0, 0.1) is 5.82 Å². The van der Waals surface area contributed by atoms with Crippen molar-refractivity contribution in [3.63, 3.8) is 0 Å². The highest BCUT2D eigenvalue weighted by Gasteiger charge is 2.35. The van der Waals surface area contributed by atoms with Crippen LogP contribution in [0.2, 0.25) is 0 Å². The molecule has 28 heavy (non-hydrogen) atoms. The van der Waals surface area contributed by atoms with Gasteiger partial charge < -0.3 is 5.11 Å². The quantitative estimate of drug-likeness (QED) is 0.533. The van der Waals surface area contributed by atoms with Gasteiger partial charge >= 0.3 is 12.1 Å². The third-order valence-corrected chi connectivity index (χ3v) is 3.86. The summed E-state index contributed by atoms with van der Waals surface area (Å²) in [5.41, 5.74) is -1.55. The van der Waals surface area contributed by atoms with Crippen molar-refractivity contribution in [2.24, 2.45) is 0 Å². The molecule has 1 aromatic heterocycles. The van der Waals surface area contributed by atoms with E-state index in [1.807, 2.05) is 0 Å². The number of carboxylic acid groups (broad SMARTS) is 1. The Morgan fingerprint density at radius 3 is 2.11 bits per heavy atom. The highest BCUT2D eigenvalue weighted by molar-refractivity contribution is 6.10. The summed E-state index contributed by atoms with van der Waals surface area (Å²) in [6.07, 6.45) is -4.81. The lowest BCUT2D eigenvalue weighted by Crippen LogP contribution is -2.14. The van der Waals surface area contributed by atoms with Crippen molar-refractivity contribution < 1.29 is 32.3 Å². The van der Waals surface area contributed by atoms with Gasteiger partial charge in [0.05, 0.1) is 11.3 Å². The number of halogens is 4. The Morgan fingerprint density at radius 1 is 0.893 bits per heavy atom. The van der Waals surface area contributed by atoms with Crippen LogP contribution in [0.4, 0.5) is 17.6 Å². The van der Waals surface area contributed by atoms with Crippen LogP contribution in [0.5, 0.6) is 0 Å². The van der Waals surface area contributed by atoms with Gasteiger partial charge in [0.2, 0.25) is 0 Å². The van der Waals surface area contributed by atoms with Gasteiger partial charge in [0.15, 0.2) is 11.5 Å². The molecule has 0 aliphatic carbocycles. The van der Waals surface area contributed by atoms with E-state index in [1.165, 1.54) is 36.4 Å². The van der Waals surface area contributed by atoms with Gasteiger partial charge in [-0.3, -0.25) is 4.79 Å². The van der Waals surface area contributed by atoms with Crippen molar-refractivity contribution in [3.8, 4) is 11.3 Å². The first-order valence-electron chi connectivity index (χ1n) is 7.76. The molecule has 0 amide bonds. The van der Waals surface area contributed by atoms with E-state index in [4.69, 9.17) is 5.11 Å². The molecule has 0 spiro atoms. The van der Waals surface area contributed by atoms with E-state index in [9.17, 15) is 27.2 Å². The van der Waals surface area contributed by atoms with Crippen molar-refractivity contribution >= 4 is 11.8 Å². The van der Waals surface area contributed by atoms with Crippen LogP contribution in [-0.4, -0.2) is 27.1 Å². The second-order valence-corrected chi connectivity index (χ2v) is 5.70. The summed E-state index contributed by atoms with van der Waals surface area (Å²) in [5.74, 6) is -3.18. The molecule has 5 nitrogen and oxygen atoms in total. The Kier molecular flexibility index (Phi) is 4.91.